The lowest BCUT2D eigenvalue weighted by Gasteiger charge is -2.06. The van der Waals surface area contributed by atoms with Crippen LogP contribution in [-0.2, 0) is 6.61 Å². The van der Waals surface area contributed by atoms with Gasteiger partial charge >= 0.3 is 0 Å². The number of furan rings is 1. The Bertz CT molecular complexity index is 659. The van der Waals surface area contributed by atoms with Crippen molar-refractivity contribution in [2.45, 2.75) is 6.61 Å². The summed E-state index contributed by atoms with van der Waals surface area (Å²) in [5, 5.41) is 0.755. The largest absolute Gasteiger partial charge is 0.489 e. The van der Waals surface area contributed by atoms with E-state index >= 15 is 0 Å². The Kier molecular flexibility index (Phi) is 2.73. The van der Waals surface area contributed by atoms with Crippen molar-refractivity contribution in [3.05, 3.63) is 66.2 Å². The minimum Gasteiger partial charge on any atom is -0.489 e. The van der Waals surface area contributed by atoms with Gasteiger partial charge in [-0.15, -0.1) is 0 Å². The van der Waals surface area contributed by atoms with Gasteiger partial charge in [-0.1, -0.05) is 30.3 Å². The number of halogens is 1. The van der Waals surface area contributed by atoms with Gasteiger partial charge in [0.15, 0.2) is 0 Å². The molecule has 3 rings (SSSR count). The number of ether oxygens (including phenoxy) is 1. The van der Waals surface area contributed by atoms with Crippen LogP contribution in [0.5, 0.6) is 5.75 Å². The maximum atomic E-state index is 13.1. The molecule has 0 saturated heterocycles. The molecule has 3 heteroatoms. The Labute approximate surface area is 104 Å². The van der Waals surface area contributed by atoms with E-state index in [1.54, 1.807) is 6.07 Å². The van der Waals surface area contributed by atoms with Gasteiger partial charge in [0.1, 0.15) is 17.9 Å². The molecule has 0 bridgehead atoms. The van der Waals surface area contributed by atoms with Crippen molar-refractivity contribution in [2.75, 3.05) is 0 Å². The zero-order valence-corrected chi connectivity index (χ0v) is 9.60. The second-order valence-corrected chi connectivity index (χ2v) is 3.98. The normalized spacial score (nSPS) is 10.7. The van der Waals surface area contributed by atoms with Gasteiger partial charge in [0, 0.05) is 17.0 Å². The average molecular weight is 242 g/mol. The molecule has 2 nitrogen and oxygen atoms in total. The van der Waals surface area contributed by atoms with E-state index in [-0.39, 0.29) is 0 Å². The van der Waals surface area contributed by atoms with Crippen molar-refractivity contribution in [3.63, 3.8) is 0 Å². The van der Waals surface area contributed by atoms with Crippen LogP contribution in [0.2, 0.25) is 0 Å². The molecule has 0 N–H and O–H groups in total. The smallest absolute Gasteiger partial charge is 0.278 e. The third-order valence-corrected chi connectivity index (χ3v) is 2.76. The molecule has 2 aromatic carbocycles. The number of hydrogen-bond acceptors (Lipinski definition) is 2. The first-order valence-electron chi connectivity index (χ1n) is 5.68. The van der Waals surface area contributed by atoms with E-state index in [9.17, 15) is 4.39 Å². The zero-order chi connectivity index (χ0) is 12.4. The molecule has 0 saturated carbocycles. The fourth-order valence-corrected chi connectivity index (χ4v) is 1.89. The highest BCUT2D eigenvalue weighted by Crippen LogP contribution is 2.23. The van der Waals surface area contributed by atoms with E-state index in [4.69, 9.17) is 9.15 Å². The van der Waals surface area contributed by atoms with Crippen molar-refractivity contribution >= 4 is 11.0 Å². The van der Waals surface area contributed by atoms with Crippen LogP contribution in [0.3, 0.4) is 0 Å². The van der Waals surface area contributed by atoms with Crippen LogP contribution in [0.4, 0.5) is 4.39 Å². The summed E-state index contributed by atoms with van der Waals surface area (Å²) < 4.78 is 23.6. The summed E-state index contributed by atoms with van der Waals surface area (Å²) in [5.74, 6) is 0.790. The van der Waals surface area contributed by atoms with Gasteiger partial charge in [-0.2, -0.15) is 4.39 Å². The quantitative estimate of drug-likeness (QED) is 0.688. The Morgan fingerprint density at radius 3 is 2.67 bits per heavy atom. The van der Waals surface area contributed by atoms with Gasteiger partial charge in [0.05, 0.1) is 0 Å². The molecule has 0 atom stereocenters. The van der Waals surface area contributed by atoms with Crippen LogP contribution in [-0.4, -0.2) is 0 Å². The first kappa shape index (κ1) is 10.8. The van der Waals surface area contributed by atoms with Crippen LogP contribution in [0.1, 0.15) is 5.56 Å². The second-order valence-electron chi connectivity index (χ2n) is 3.98. The SMILES string of the molecule is Fc1cc2c(COc3ccccc3)cccc2o1. The summed E-state index contributed by atoms with van der Waals surface area (Å²) in [5.41, 5.74) is 1.45. The molecule has 18 heavy (non-hydrogen) atoms. The highest BCUT2D eigenvalue weighted by atomic mass is 19.1. The topological polar surface area (TPSA) is 22.4 Å². The fraction of sp³-hybridized carbons (Fsp3) is 0.0667. The molecule has 0 fully saturated rings. The highest BCUT2D eigenvalue weighted by molar-refractivity contribution is 5.80. The summed E-state index contributed by atoms with van der Waals surface area (Å²) in [7, 11) is 0. The highest BCUT2D eigenvalue weighted by Gasteiger charge is 2.07. The maximum Gasteiger partial charge on any atom is 0.278 e. The fourth-order valence-electron chi connectivity index (χ4n) is 1.89. The van der Waals surface area contributed by atoms with E-state index in [0.717, 1.165) is 16.7 Å². The lowest BCUT2D eigenvalue weighted by atomic mass is 10.1. The number of hydrogen-bond donors (Lipinski definition) is 0. The first-order valence-corrected chi connectivity index (χ1v) is 5.68. The first-order chi connectivity index (χ1) is 8.83. The van der Waals surface area contributed by atoms with E-state index < -0.39 is 6.01 Å². The van der Waals surface area contributed by atoms with Crippen LogP contribution >= 0.6 is 0 Å². The lowest BCUT2D eigenvalue weighted by Crippen LogP contribution is -1.95. The Morgan fingerprint density at radius 1 is 1.00 bits per heavy atom. The van der Waals surface area contributed by atoms with E-state index in [1.165, 1.54) is 6.07 Å². The molecule has 1 aromatic heterocycles. The molecular weight excluding hydrogens is 231 g/mol. The van der Waals surface area contributed by atoms with Crippen molar-refractivity contribution in [1.29, 1.82) is 0 Å². The molecule has 90 valence electrons. The molecule has 3 aromatic rings. The Morgan fingerprint density at radius 2 is 1.83 bits per heavy atom. The minimum absolute atomic E-state index is 0.389. The Hall–Kier alpha value is -2.29. The van der Waals surface area contributed by atoms with Crippen LogP contribution < -0.4 is 4.74 Å². The summed E-state index contributed by atoms with van der Waals surface area (Å²) in [6.07, 6.45) is 0. The predicted molar refractivity (Wildman–Crippen MR) is 66.9 cm³/mol. The summed E-state index contributed by atoms with van der Waals surface area (Å²) >= 11 is 0. The third kappa shape index (κ3) is 2.07. The molecule has 0 radical (unpaired) electrons. The van der Waals surface area contributed by atoms with E-state index in [2.05, 4.69) is 0 Å². The van der Waals surface area contributed by atoms with Gasteiger partial charge in [0.2, 0.25) is 0 Å². The summed E-state index contributed by atoms with van der Waals surface area (Å²) in [6.45, 7) is 0.389. The van der Waals surface area contributed by atoms with Crippen LogP contribution in [0, 0.1) is 6.01 Å². The van der Waals surface area contributed by atoms with Gasteiger partial charge in [-0.25, -0.2) is 0 Å². The van der Waals surface area contributed by atoms with E-state index in [0.29, 0.717) is 12.2 Å². The molecule has 0 unspecified atom stereocenters. The molecule has 0 amide bonds. The predicted octanol–water partition coefficient (Wildman–Crippen LogP) is 4.15. The molecular formula is C15H11FO2. The molecule has 1 heterocycles. The monoisotopic (exact) mass is 242 g/mol. The van der Waals surface area contributed by atoms with Crippen LogP contribution in [0.25, 0.3) is 11.0 Å². The summed E-state index contributed by atoms with van der Waals surface area (Å²) in [4.78, 5) is 0. The van der Waals surface area contributed by atoms with Crippen molar-refractivity contribution in [1.82, 2.24) is 0 Å². The number of fused-ring (bicyclic) bond motifs is 1. The lowest BCUT2D eigenvalue weighted by molar-refractivity contribution is 0.307. The molecule has 0 aliphatic rings. The third-order valence-electron chi connectivity index (χ3n) is 2.76. The van der Waals surface area contributed by atoms with Gasteiger partial charge < -0.3 is 9.15 Å². The average Bonchev–Trinajstić information content (AvgIpc) is 2.78. The maximum absolute atomic E-state index is 13.1. The number of para-hydroxylation sites is 1. The zero-order valence-electron chi connectivity index (χ0n) is 9.60. The number of benzene rings is 2. The minimum atomic E-state index is -0.572. The van der Waals surface area contributed by atoms with Gasteiger partial charge in [-0.05, 0) is 18.2 Å². The second kappa shape index (κ2) is 4.53. The number of rotatable bonds is 3. The molecule has 0 spiro atoms. The molecule has 0 aliphatic carbocycles. The van der Waals surface area contributed by atoms with Crippen LogP contribution in [0.15, 0.2) is 59.0 Å². The Balaban J connectivity index is 1.86. The van der Waals surface area contributed by atoms with Gasteiger partial charge in [0.25, 0.3) is 6.01 Å². The van der Waals surface area contributed by atoms with E-state index in [1.807, 2.05) is 42.5 Å². The van der Waals surface area contributed by atoms with Gasteiger partial charge in [-0.3, -0.25) is 0 Å². The van der Waals surface area contributed by atoms with Crippen molar-refractivity contribution < 1.29 is 13.5 Å². The van der Waals surface area contributed by atoms with Crippen molar-refractivity contribution in [3.8, 4) is 5.75 Å². The standard InChI is InChI=1S/C15H11FO2/c16-15-9-13-11(5-4-8-14(13)18-15)10-17-12-6-2-1-3-7-12/h1-9H,10H2. The van der Waals surface area contributed by atoms with Crippen molar-refractivity contribution in [2.24, 2.45) is 0 Å². The molecule has 0 aliphatic heterocycles. The summed E-state index contributed by atoms with van der Waals surface area (Å²) in [6, 6.07) is 15.8.